The van der Waals surface area contributed by atoms with Crippen LogP contribution in [0.2, 0.25) is 0 Å². The summed E-state index contributed by atoms with van der Waals surface area (Å²) >= 11 is 0. The number of amides is 1. The minimum Gasteiger partial charge on any atom is -0.493 e. The summed E-state index contributed by atoms with van der Waals surface area (Å²) in [6.45, 7) is 1.43. The zero-order valence-electron chi connectivity index (χ0n) is 14.9. The summed E-state index contributed by atoms with van der Waals surface area (Å²) in [6.07, 6.45) is 0.629. The first-order chi connectivity index (χ1) is 13.1. The van der Waals surface area contributed by atoms with Crippen LogP contribution in [-0.2, 0) is 4.74 Å². The predicted molar refractivity (Wildman–Crippen MR) is 100 cm³/mol. The highest BCUT2D eigenvalue weighted by atomic mass is 16.6. The molecule has 8 nitrogen and oxygen atoms in total. The number of ether oxygens (including phenoxy) is 2. The number of hydrogen-bond donors (Lipinski definition) is 2. The lowest BCUT2D eigenvalue weighted by Crippen LogP contribution is -2.32. The Kier molecular flexibility index (Phi) is 5.87. The van der Waals surface area contributed by atoms with Crippen LogP contribution in [0.5, 0.6) is 5.75 Å². The van der Waals surface area contributed by atoms with E-state index in [0.29, 0.717) is 31.9 Å². The van der Waals surface area contributed by atoms with Crippen LogP contribution in [0, 0.1) is 10.1 Å². The highest BCUT2D eigenvalue weighted by molar-refractivity contribution is 6.00. The topological polar surface area (TPSA) is 103 Å². The Morgan fingerprint density at radius 1 is 1.33 bits per heavy atom. The van der Waals surface area contributed by atoms with Crippen molar-refractivity contribution in [3.63, 3.8) is 0 Å². The molecule has 2 aromatic rings. The summed E-state index contributed by atoms with van der Waals surface area (Å²) in [4.78, 5) is 23.5. The van der Waals surface area contributed by atoms with Crippen LogP contribution in [0.1, 0.15) is 28.4 Å². The van der Waals surface area contributed by atoms with Gasteiger partial charge in [0.05, 0.1) is 29.7 Å². The SMILES string of the molecule is COCCNc1ccc([N+](=O)[O-])cc1C(=O)NC1CCOc2ccccc21. The third kappa shape index (κ3) is 4.35. The van der Waals surface area contributed by atoms with E-state index in [1.165, 1.54) is 12.1 Å². The van der Waals surface area contributed by atoms with Crippen molar-refractivity contribution < 1.29 is 19.2 Å². The van der Waals surface area contributed by atoms with Crippen LogP contribution in [0.4, 0.5) is 11.4 Å². The minimum absolute atomic E-state index is 0.134. The molecule has 2 N–H and O–H groups in total. The third-order valence-corrected chi connectivity index (χ3v) is 4.34. The molecule has 1 aliphatic rings. The largest absolute Gasteiger partial charge is 0.493 e. The molecule has 3 rings (SSSR count). The highest BCUT2D eigenvalue weighted by Crippen LogP contribution is 2.32. The minimum atomic E-state index is -0.514. The van der Waals surface area contributed by atoms with Gasteiger partial charge in [0.2, 0.25) is 0 Å². The van der Waals surface area contributed by atoms with Gasteiger partial charge in [0, 0.05) is 43.5 Å². The quantitative estimate of drug-likeness (QED) is 0.441. The summed E-state index contributed by atoms with van der Waals surface area (Å²) in [7, 11) is 1.58. The van der Waals surface area contributed by atoms with Gasteiger partial charge in [-0.3, -0.25) is 14.9 Å². The zero-order chi connectivity index (χ0) is 19.2. The summed E-state index contributed by atoms with van der Waals surface area (Å²) in [5.74, 6) is 0.367. The van der Waals surface area contributed by atoms with E-state index in [9.17, 15) is 14.9 Å². The Balaban J connectivity index is 1.84. The van der Waals surface area contributed by atoms with Crippen molar-refractivity contribution in [2.24, 2.45) is 0 Å². The number of fused-ring (bicyclic) bond motifs is 1. The predicted octanol–water partition coefficient (Wildman–Crippen LogP) is 2.91. The van der Waals surface area contributed by atoms with Gasteiger partial charge in [0.25, 0.3) is 11.6 Å². The maximum Gasteiger partial charge on any atom is 0.270 e. The lowest BCUT2D eigenvalue weighted by Gasteiger charge is -2.27. The van der Waals surface area contributed by atoms with E-state index in [2.05, 4.69) is 10.6 Å². The molecule has 0 aromatic heterocycles. The van der Waals surface area contributed by atoms with Crippen LogP contribution in [0.15, 0.2) is 42.5 Å². The number of non-ortho nitro benzene ring substituents is 1. The fourth-order valence-corrected chi connectivity index (χ4v) is 3.00. The summed E-state index contributed by atoms with van der Waals surface area (Å²) in [5.41, 5.74) is 1.51. The van der Waals surface area contributed by atoms with E-state index < -0.39 is 4.92 Å². The molecule has 2 aromatic carbocycles. The van der Waals surface area contributed by atoms with Gasteiger partial charge < -0.3 is 20.1 Å². The van der Waals surface area contributed by atoms with Gasteiger partial charge in [0.15, 0.2) is 0 Å². The highest BCUT2D eigenvalue weighted by Gasteiger charge is 2.25. The van der Waals surface area contributed by atoms with Gasteiger partial charge in [-0.05, 0) is 12.1 Å². The smallest absolute Gasteiger partial charge is 0.270 e. The molecule has 8 heteroatoms. The van der Waals surface area contributed by atoms with Crippen molar-refractivity contribution in [2.45, 2.75) is 12.5 Å². The Morgan fingerprint density at radius 3 is 2.93 bits per heavy atom. The number of nitro groups is 1. The van der Waals surface area contributed by atoms with Crippen molar-refractivity contribution in [1.82, 2.24) is 5.32 Å². The van der Waals surface area contributed by atoms with Gasteiger partial charge in [-0.15, -0.1) is 0 Å². The Morgan fingerprint density at radius 2 is 2.15 bits per heavy atom. The average molecular weight is 371 g/mol. The van der Waals surface area contributed by atoms with Crippen molar-refractivity contribution in [3.05, 3.63) is 63.7 Å². The van der Waals surface area contributed by atoms with E-state index in [4.69, 9.17) is 9.47 Å². The molecule has 1 atom stereocenters. The lowest BCUT2D eigenvalue weighted by atomic mass is 10.00. The van der Waals surface area contributed by atoms with Gasteiger partial charge in [-0.2, -0.15) is 0 Å². The number of carbonyl (C=O) groups excluding carboxylic acids is 1. The van der Waals surface area contributed by atoms with Gasteiger partial charge in [-0.1, -0.05) is 18.2 Å². The molecule has 27 heavy (non-hydrogen) atoms. The molecule has 1 amide bonds. The summed E-state index contributed by atoms with van der Waals surface area (Å²) in [5, 5.41) is 17.2. The van der Waals surface area contributed by atoms with E-state index in [1.54, 1.807) is 13.2 Å². The number of hydrogen-bond acceptors (Lipinski definition) is 6. The molecule has 0 radical (unpaired) electrons. The molecule has 0 saturated heterocycles. The number of anilines is 1. The number of para-hydroxylation sites is 1. The first-order valence-corrected chi connectivity index (χ1v) is 8.64. The van der Waals surface area contributed by atoms with Crippen LogP contribution >= 0.6 is 0 Å². The molecule has 0 saturated carbocycles. The average Bonchev–Trinajstić information content (AvgIpc) is 2.68. The fourth-order valence-electron chi connectivity index (χ4n) is 3.00. The summed E-state index contributed by atoms with van der Waals surface area (Å²) < 4.78 is 10.6. The standard InChI is InChI=1S/C19H21N3O5/c1-26-11-9-20-16-7-6-13(22(24)25)12-15(16)19(23)21-17-8-10-27-18-5-3-2-4-14(17)18/h2-7,12,17,20H,8-11H2,1H3,(H,21,23). The second-order valence-corrected chi connectivity index (χ2v) is 6.11. The zero-order valence-corrected chi connectivity index (χ0v) is 14.9. The number of nitro benzene ring substituents is 1. The first-order valence-electron chi connectivity index (χ1n) is 8.64. The molecular formula is C19H21N3O5. The number of nitrogens with zero attached hydrogens (tertiary/aromatic N) is 1. The molecule has 0 spiro atoms. The number of rotatable bonds is 7. The van der Waals surface area contributed by atoms with Gasteiger partial charge >= 0.3 is 0 Å². The lowest BCUT2D eigenvalue weighted by molar-refractivity contribution is -0.384. The Hall–Kier alpha value is -3.13. The van der Waals surface area contributed by atoms with Crippen molar-refractivity contribution in [1.29, 1.82) is 0 Å². The van der Waals surface area contributed by atoms with Crippen LogP contribution in [0.3, 0.4) is 0 Å². The molecule has 1 unspecified atom stereocenters. The molecule has 0 aliphatic carbocycles. The number of methoxy groups -OCH3 is 1. The molecule has 142 valence electrons. The molecule has 0 fully saturated rings. The van der Waals surface area contributed by atoms with E-state index in [1.807, 2.05) is 24.3 Å². The second-order valence-electron chi connectivity index (χ2n) is 6.11. The van der Waals surface area contributed by atoms with E-state index >= 15 is 0 Å². The van der Waals surface area contributed by atoms with Gasteiger partial charge in [0.1, 0.15) is 5.75 Å². The Labute approximate surface area is 156 Å². The fraction of sp³-hybridized carbons (Fsp3) is 0.316. The van der Waals surface area contributed by atoms with Crippen LogP contribution in [0.25, 0.3) is 0 Å². The molecule has 1 aliphatic heterocycles. The number of benzene rings is 2. The van der Waals surface area contributed by atoms with Crippen LogP contribution in [-0.4, -0.2) is 37.7 Å². The Bertz CT molecular complexity index is 840. The molecule has 0 bridgehead atoms. The number of carbonyl (C=O) groups is 1. The van der Waals surface area contributed by atoms with Crippen molar-refractivity contribution in [2.75, 3.05) is 32.2 Å². The van der Waals surface area contributed by atoms with Crippen molar-refractivity contribution in [3.8, 4) is 5.75 Å². The maximum atomic E-state index is 12.9. The monoisotopic (exact) mass is 371 g/mol. The van der Waals surface area contributed by atoms with Gasteiger partial charge in [-0.25, -0.2) is 0 Å². The molecular weight excluding hydrogens is 350 g/mol. The van der Waals surface area contributed by atoms with Crippen LogP contribution < -0.4 is 15.4 Å². The normalized spacial score (nSPS) is 15.4. The van der Waals surface area contributed by atoms with E-state index in [0.717, 1.165) is 11.3 Å². The number of nitrogens with one attached hydrogen (secondary N) is 2. The third-order valence-electron chi connectivity index (χ3n) is 4.34. The summed E-state index contributed by atoms with van der Waals surface area (Å²) in [6, 6.07) is 11.5. The maximum absolute atomic E-state index is 12.9. The first kappa shape index (κ1) is 18.7. The molecule has 1 heterocycles. The van der Waals surface area contributed by atoms with E-state index in [-0.39, 0.29) is 23.2 Å². The van der Waals surface area contributed by atoms with Crippen molar-refractivity contribution >= 4 is 17.3 Å². The second kappa shape index (κ2) is 8.50.